The van der Waals surface area contributed by atoms with Gasteiger partial charge in [-0.3, -0.25) is 0 Å². The van der Waals surface area contributed by atoms with Crippen molar-refractivity contribution >= 4 is 37.9 Å². The summed E-state index contributed by atoms with van der Waals surface area (Å²) in [6.45, 7) is 3.83. The van der Waals surface area contributed by atoms with Gasteiger partial charge in [0.1, 0.15) is 16.2 Å². The molecule has 3 aromatic carbocycles. The van der Waals surface area contributed by atoms with E-state index in [2.05, 4.69) is 0 Å². The average Bonchev–Trinajstić information content (AvgIpc) is 3.08. The summed E-state index contributed by atoms with van der Waals surface area (Å²) in [7, 11) is -3.93. The van der Waals surface area contributed by atoms with Crippen LogP contribution in [0.15, 0.2) is 88.7 Å². The molecule has 5 rings (SSSR count). The zero-order valence-corrected chi connectivity index (χ0v) is 18.5. The summed E-state index contributed by atoms with van der Waals surface area (Å²) < 4.78 is 29.3. The van der Waals surface area contributed by atoms with Crippen LogP contribution in [0, 0.1) is 6.92 Å². The minimum atomic E-state index is -3.93. The van der Waals surface area contributed by atoms with E-state index in [1.807, 2.05) is 74.5 Å². The summed E-state index contributed by atoms with van der Waals surface area (Å²) >= 11 is 0. The highest BCUT2D eigenvalue weighted by molar-refractivity contribution is 7.92. The molecule has 160 valence electrons. The van der Waals surface area contributed by atoms with Crippen molar-refractivity contribution in [2.24, 2.45) is 0 Å². The van der Waals surface area contributed by atoms with E-state index in [1.165, 1.54) is 0 Å². The van der Waals surface area contributed by atoms with Gasteiger partial charge in [-0.1, -0.05) is 54.6 Å². The van der Waals surface area contributed by atoms with Gasteiger partial charge in [0.15, 0.2) is 5.65 Å². The van der Waals surface area contributed by atoms with Crippen molar-refractivity contribution in [1.29, 1.82) is 0 Å². The Balaban J connectivity index is 1.87. The maximum atomic E-state index is 13.8. The largest absolute Gasteiger partial charge is 0.384 e. The molecule has 2 heterocycles. The number of para-hydroxylation sites is 2. The van der Waals surface area contributed by atoms with Crippen molar-refractivity contribution in [3.63, 3.8) is 0 Å². The second kappa shape index (κ2) is 7.46. The summed E-state index contributed by atoms with van der Waals surface area (Å²) in [6, 6.07) is 23.8. The number of sulfone groups is 1. The first-order valence-electron chi connectivity index (χ1n) is 10.3. The van der Waals surface area contributed by atoms with Crippen LogP contribution in [0.4, 0.5) is 5.82 Å². The van der Waals surface area contributed by atoms with Gasteiger partial charge in [0.2, 0.25) is 9.84 Å². The first-order valence-corrected chi connectivity index (χ1v) is 11.8. The monoisotopic (exact) mass is 442 g/mol. The summed E-state index contributed by atoms with van der Waals surface area (Å²) in [5.74, 6) is 0.133. The number of nitrogens with zero attached hydrogens (tertiary/aromatic N) is 3. The van der Waals surface area contributed by atoms with Gasteiger partial charge in [0, 0.05) is 0 Å². The van der Waals surface area contributed by atoms with Gasteiger partial charge in [-0.2, -0.15) is 0 Å². The third-order valence-corrected chi connectivity index (χ3v) is 7.54. The molecule has 0 saturated carbocycles. The summed E-state index contributed by atoms with van der Waals surface area (Å²) in [5.41, 5.74) is 10.4. The topological polar surface area (TPSA) is 90.9 Å². The van der Waals surface area contributed by atoms with Crippen LogP contribution in [0.2, 0.25) is 0 Å². The van der Waals surface area contributed by atoms with Crippen LogP contribution in [-0.2, 0) is 9.84 Å². The molecule has 7 heteroatoms. The highest BCUT2D eigenvalue weighted by Crippen LogP contribution is 2.38. The van der Waals surface area contributed by atoms with Gasteiger partial charge in [-0.05, 0) is 49.2 Å². The van der Waals surface area contributed by atoms with E-state index in [-0.39, 0.29) is 27.2 Å². The molecule has 1 atom stereocenters. The Hall–Kier alpha value is -3.71. The van der Waals surface area contributed by atoms with E-state index in [0.29, 0.717) is 16.7 Å². The molecule has 5 aromatic rings. The Morgan fingerprint density at radius 1 is 0.875 bits per heavy atom. The normalized spacial score (nSPS) is 12.9. The molecule has 0 radical (unpaired) electrons. The fourth-order valence-corrected chi connectivity index (χ4v) is 5.69. The highest BCUT2D eigenvalue weighted by Gasteiger charge is 2.31. The molecule has 2 aromatic heterocycles. The van der Waals surface area contributed by atoms with Crippen molar-refractivity contribution < 1.29 is 8.42 Å². The second-order valence-corrected chi connectivity index (χ2v) is 9.76. The van der Waals surface area contributed by atoms with E-state index in [1.54, 1.807) is 22.8 Å². The lowest BCUT2D eigenvalue weighted by Crippen LogP contribution is -2.12. The van der Waals surface area contributed by atoms with Crippen molar-refractivity contribution in [1.82, 2.24) is 14.5 Å². The summed E-state index contributed by atoms with van der Waals surface area (Å²) in [6.07, 6.45) is 0. The number of rotatable bonds is 4. The highest BCUT2D eigenvalue weighted by atomic mass is 32.2. The van der Waals surface area contributed by atoms with Gasteiger partial charge in [-0.15, -0.1) is 0 Å². The number of anilines is 1. The Morgan fingerprint density at radius 3 is 2.22 bits per heavy atom. The number of hydrogen-bond acceptors (Lipinski definition) is 5. The lowest BCUT2D eigenvalue weighted by atomic mass is 10.1. The first-order chi connectivity index (χ1) is 15.4. The molecule has 0 saturated heterocycles. The fourth-order valence-electron chi connectivity index (χ4n) is 4.09. The number of nitrogen functional groups attached to an aromatic ring is 1. The number of hydrogen-bond donors (Lipinski definition) is 1. The first kappa shape index (κ1) is 20.2. The third-order valence-electron chi connectivity index (χ3n) is 5.73. The predicted octanol–water partition coefficient (Wildman–Crippen LogP) is 4.92. The van der Waals surface area contributed by atoms with Crippen molar-refractivity contribution in [2.45, 2.75) is 29.7 Å². The average molecular weight is 443 g/mol. The van der Waals surface area contributed by atoms with Crippen LogP contribution in [0.1, 0.15) is 24.1 Å². The Labute approximate surface area is 186 Å². The van der Waals surface area contributed by atoms with Crippen molar-refractivity contribution in [2.75, 3.05) is 5.73 Å². The Morgan fingerprint density at radius 2 is 1.53 bits per heavy atom. The molecule has 0 spiro atoms. The Bertz CT molecular complexity index is 1570. The molecule has 0 amide bonds. The molecule has 32 heavy (non-hydrogen) atoms. The molecule has 6 nitrogen and oxygen atoms in total. The Kier molecular flexibility index (Phi) is 4.71. The van der Waals surface area contributed by atoms with E-state index in [4.69, 9.17) is 15.7 Å². The fraction of sp³-hybridized carbons (Fsp3) is 0.120. The van der Waals surface area contributed by atoms with Crippen LogP contribution in [0.5, 0.6) is 0 Å². The minimum Gasteiger partial charge on any atom is -0.384 e. The lowest BCUT2D eigenvalue weighted by Gasteiger charge is -2.17. The molecule has 0 aliphatic heterocycles. The number of aromatic nitrogens is 3. The van der Waals surface area contributed by atoms with Gasteiger partial charge >= 0.3 is 0 Å². The van der Waals surface area contributed by atoms with Crippen LogP contribution in [-0.4, -0.2) is 23.0 Å². The standard InChI is InChI=1S/C25H22N4O2S/c1-16-9-8-12-19(15-16)32(30,31)23-22-25(28-21-14-7-6-13-20(21)27-22)29(24(23)26)17(2)18-10-4-3-5-11-18/h3-15,17H,26H2,1-2H3. The van der Waals surface area contributed by atoms with Gasteiger partial charge in [0.05, 0.1) is 22.0 Å². The van der Waals surface area contributed by atoms with Crippen molar-refractivity contribution in [3.8, 4) is 0 Å². The van der Waals surface area contributed by atoms with Gasteiger partial charge in [-0.25, -0.2) is 18.4 Å². The van der Waals surface area contributed by atoms with E-state index in [9.17, 15) is 8.42 Å². The molecule has 1 unspecified atom stereocenters. The van der Waals surface area contributed by atoms with E-state index in [0.717, 1.165) is 11.1 Å². The zero-order chi connectivity index (χ0) is 22.5. The minimum absolute atomic E-state index is 0.000802. The van der Waals surface area contributed by atoms with Crippen LogP contribution in [0.25, 0.3) is 22.2 Å². The van der Waals surface area contributed by atoms with Crippen LogP contribution < -0.4 is 5.73 Å². The van der Waals surface area contributed by atoms with E-state index < -0.39 is 9.84 Å². The van der Waals surface area contributed by atoms with Crippen molar-refractivity contribution in [3.05, 3.63) is 90.0 Å². The third kappa shape index (κ3) is 3.13. The quantitative estimate of drug-likeness (QED) is 0.427. The lowest BCUT2D eigenvalue weighted by molar-refractivity contribution is 0.596. The molecular weight excluding hydrogens is 420 g/mol. The predicted molar refractivity (Wildman–Crippen MR) is 126 cm³/mol. The molecule has 2 N–H and O–H groups in total. The van der Waals surface area contributed by atoms with E-state index >= 15 is 0 Å². The molecule has 0 fully saturated rings. The number of fused-ring (bicyclic) bond motifs is 2. The van der Waals surface area contributed by atoms with Gasteiger partial charge < -0.3 is 10.3 Å². The molecule has 0 bridgehead atoms. The molecule has 0 aliphatic carbocycles. The summed E-state index contributed by atoms with van der Waals surface area (Å²) in [5, 5.41) is 0. The van der Waals surface area contributed by atoms with Crippen LogP contribution in [0.3, 0.4) is 0 Å². The maximum Gasteiger partial charge on any atom is 0.212 e. The second-order valence-electron chi connectivity index (χ2n) is 7.88. The van der Waals surface area contributed by atoms with Crippen LogP contribution >= 0.6 is 0 Å². The van der Waals surface area contributed by atoms with Gasteiger partial charge in [0.25, 0.3) is 0 Å². The maximum absolute atomic E-state index is 13.8. The number of aryl methyl sites for hydroxylation is 1. The number of nitrogens with two attached hydrogens (primary N) is 1. The smallest absolute Gasteiger partial charge is 0.212 e. The molecule has 0 aliphatic rings. The number of benzene rings is 3. The SMILES string of the molecule is Cc1cccc(S(=O)(=O)c2c(N)n(C(C)c3ccccc3)c3nc4ccccc4nc23)c1. The summed E-state index contributed by atoms with van der Waals surface area (Å²) in [4.78, 5) is 9.68. The zero-order valence-electron chi connectivity index (χ0n) is 17.7. The molecular formula is C25H22N4O2S.